The molecule has 0 fully saturated rings. The van der Waals surface area contributed by atoms with E-state index in [1.165, 1.54) is 0 Å². The van der Waals surface area contributed by atoms with Gasteiger partial charge in [0, 0.05) is 39.3 Å². The summed E-state index contributed by atoms with van der Waals surface area (Å²) in [6.45, 7) is 12.3. The molecule has 0 saturated heterocycles. The molecule has 134 valence electrons. The van der Waals surface area contributed by atoms with Crippen LogP contribution in [0, 0.1) is 0 Å². The molecular weight excluding hydrogens is 302 g/mol. The lowest BCUT2D eigenvalue weighted by atomic mass is 10.1. The predicted octanol–water partition coefficient (Wildman–Crippen LogP) is 2.82. The summed E-state index contributed by atoms with van der Waals surface area (Å²) in [6, 6.07) is 0. The Balaban J connectivity index is 5.35. The topological polar surface area (TPSA) is 72.2 Å². The highest BCUT2D eigenvalue weighted by molar-refractivity contribution is 6.53. The second kappa shape index (κ2) is 12.4. The summed E-state index contributed by atoms with van der Waals surface area (Å²) >= 11 is 0. The summed E-state index contributed by atoms with van der Waals surface area (Å²) in [7, 11) is -3.22. The molecule has 0 aromatic rings. The van der Waals surface area contributed by atoms with Gasteiger partial charge in [0.2, 0.25) is 0 Å². The SMILES string of the molecule is CCCC(CCCN)(OCC)O[Si](OCC)(OCC)OCC. The molecule has 0 aliphatic rings. The molecule has 0 radical (unpaired) electrons. The smallest absolute Gasteiger partial charge is 0.351 e. The standard InChI is InChI=1S/C15H35NO5Si/c1-6-12-15(17-7-2,13-11-14-16)21-22(18-8-3,19-9-4)20-10-5/h6-14,16H2,1-5H3. The highest BCUT2D eigenvalue weighted by Gasteiger charge is 2.52. The van der Waals surface area contributed by atoms with Crippen LogP contribution in [0.3, 0.4) is 0 Å². The molecule has 0 amide bonds. The van der Waals surface area contributed by atoms with E-state index in [1.807, 2.05) is 27.7 Å². The first-order valence-electron chi connectivity index (χ1n) is 8.53. The van der Waals surface area contributed by atoms with Gasteiger partial charge in [-0.15, -0.1) is 0 Å². The van der Waals surface area contributed by atoms with E-state index in [0.29, 0.717) is 39.4 Å². The van der Waals surface area contributed by atoms with Gasteiger partial charge >= 0.3 is 9.05 Å². The number of ether oxygens (including phenoxy) is 1. The minimum atomic E-state index is -3.22. The normalized spacial score (nSPS) is 15.0. The second-order valence-electron chi connectivity index (χ2n) is 4.89. The fraction of sp³-hybridized carbons (Fsp3) is 1.00. The van der Waals surface area contributed by atoms with Crippen LogP contribution in [0.4, 0.5) is 0 Å². The molecule has 1 unspecified atom stereocenters. The maximum Gasteiger partial charge on any atom is 0.681 e. The summed E-state index contributed by atoms with van der Waals surface area (Å²) in [6.07, 6.45) is 3.20. The van der Waals surface area contributed by atoms with Crippen LogP contribution in [0.15, 0.2) is 0 Å². The van der Waals surface area contributed by atoms with Gasteiger partial charge in [-0.1, -0.05) is 13.3 Å². The fourth-order valence-electron chi connectivity index (χ4n) is 2.39. The molecule has 22 heavy (non-hydrogen) atoms. The molecule has 0 bridgehead atoms. The quantitative estimate of drug-likeness (QED) is 0.366. The third-order valence-corrected chi connectivity index (χ3v) is 5.62. The van der Waals surface area contributed by atoms with Gasteiger partial charge in [-0.3, -0.25) is 0 Å². The average molecular weight is 338 g/mol. The van der Waals surface area contributed by atoms with Crippen molar-refractivity contribution in [2.75, 3.05) is 33.0 Å². The van der Waals surface area contributed by atoms with Crippen molar-refractivity contribution in [3.05, 3.63) is 0 Å². The van der Waals surface area contributed by atoms with Gasteiger partial charge in [-0.05, 0) is 40.7 Å². The first-order valence-corrected chi connectivity index (χ1v) is 10.2. The lowest BCUT2D eigenvalue weighted by Gasteiger charge is -2.39. The number of nitrogens with two attached hydrogens (primary N) is 1. The van der Waals surface area contributed by atoms with Gasteiger partial charge in [0.1, 0.15) is 0 Å². The monoisotopic (exact) mass is 337 g/mol. The molecule has 0 spiro atoms. The van der Waals surface area contributed by atoms with Crippen LogP contribution >= 0.6 is 0 Å². The average Bonchev–Trinajstić information content (AvgIpc) is 2.46. The predicted molar refractivity (Wildman–Crippen MR) is 89.3 cm³/mol. The molecule has 1 atom stereocenters. The van der Waals surface area contributed by atoms with Gasteiger partial charge in [0.05, 0.1) is 0 Å². The molecule has 6 nitrogen and oxygen atoms in total. The van der Waals surface area contributed by atoms with Crippen molar-refractivity contribution in [3.63, 3.8) is 0 Å². The van der Waals surface area contributed by atoms with E-state index in [4.69, 9.17) is 28.2 Å². The lowest BCUT2D eigenvalue weighted by molar-refractivity contribution is -0.234. The Hall–Kier alpha value is -0.0231. The second-order valence-corrected chi connectivity index (χ2v) is 6.96. The fourth-order valence-corrected chi connectivity index (χ4v) is 4.59. The highest BCUT2D eigenvalue weighted by atomic mass is 28.4. The maximum absolute atomic E-state index is 6.32. The van der Waals surface area contributed by atoms with E-state index in [9.17, 15) is 0 Å². The zero-order valence-electron chi connectivity index (χ0n) is 15.0. The first-order chi connectivity index (χ1) is 10.6. The van der Waals surface area contributed by atoms with E-state index >= 15 is 0 Å². The van der Waals surface area contributed by atoms with Crippen LogP contribution in [-0.4, -0.2) is 47.8 Å². The zero-order valence-corrected chi connectivity index (χ0v) is 16.0. The van der Waals surface area contributed by atoms with Crippen molar-refractivity contribution in [2.45, 2.75) is 66.1 Å². The summed E-state index contributed by atoms with van der Waals surface area (Å²) < 4.78 is 29.7. The van der Waals surface area contributed by atoms with Crippen molar-refractivity contribution in [1.29, 1.82) is 0 Å². The van der Waals surface area contributed by atoms with Crippen LogP contribution in [0.2, 0.25) is 0 Å². The summed E-state index contributed by atoms with van der Waals surface area (Å²) in [5, 5.41) is 0. The van der Waals surface area contributed by atoms with Crippen LogP contribution in [0.25, 0.3) is 0 Å². The molecule has 0 aliphatic heterocycles. The van der Waals surface area contributed by atoms with Gasteiger partial charge < -0.3 is 28.2 Å². The summed E-state index contributed by atoms with van der Waals surface area (Å²) in [5.74, 6) is -0.755. The van der Waals surface area contributed by atoms with Crippen molar-refractivity contribution < 1.29 is 22.4 Å². The summed E-state index contributed by atoms with van der Waals surface area (Å²) in [5.41, 5.74) is 5.67. The molecule has 0 rings (SSSR count). The summed E-state index contributed by atoms with van der Waals surface area (Å²) in [4.78, 5) is 0. The minimum absolute atomic E-state index is 0.470. The molecule has 2 N–H and O–H groups in total. The Bertz CT molecular complexity index is 245. The van der Waals surface area contributed by atoms with Gasteiger partial charge in [0.15, 0.2) is 5.79 Å². The molecule has 7 heteroatoms. The number of hydrogen-bond donors (Lipinski definition) is 1. The van der Waals surface area contributed by atoms with E-state index < -0.39 is 14.8 Å². The Morgan fingerprint density at radius 3 is 1.73 bits per heavy atom. The van der Waals surface area contributed by atoms with E-state index in [0.717, 1.165) is 19.3 Å². The van der Waals surface area contributed by atoms with Crippen LogP contribution in [0.5, 0.6) is 0 Å². The Labute approximate surface area is 137 Å². The van der Waals surface area contributed by atoms with Gasteiger partial charge in [0.25, 0.3) is 0 Å². The Kier molecular flexibility index (Phi) is 12.4. The Morgan fingerprint density at radius 2 is 1.36 bits per heavy atom. The lowest BCUT2D eigenvalue weighted by Crippen LogP contribution is -2.56. The molecule has 0 saturated carbocycles. The Morgan fingerprint density at radius 1 is 0.818 bits per heavy atom. The third kappa shape index (κ3) is 7.50. The van der Waals surface area contributed by atoms with Crippen molar-refractivity contribution in [1.82, 2.24) is 0 Å². The highest BCUT2D eigenvalue weighted by Crippen LogP contribution is 2.31. The van der Waals surface area contributed by atoms with Crippen molar-refractivity contribution >= 4 is 9.05 Å². The third-order valence-electron chi connectivity index (χ3n) is 3.07. The van der Waals surface area contributed by atoms with Crippen LogP contribution < -0.4 is 5.73 Å². The van der Waals surface area contributed by atoms with E-state index in [1.54, 1.807) is 0 Å². The van der Waals surface area contributed by atoms with E-state index in [2.05, 4.69) is 6.92 Å². The van der Waals surface area contributed by atoms with Crippen LogP contribution in [-0.2, 0) is 22.4 Å². The minimum Gasteiger partial charge on any atom is -0.351 e. The largest absolute Gasteiger partial charge is 0.681 e. The van der Waals surface area contributed by atoms with Gasteiger partial charge in [-0.2, -0.15) is 0 Å². The van der Waals surface area contributed by atoms with Crippen LogP contribution in [0.1, 0.15) is 60.3 Å². The molecule has 0 aromatic heterocycles. The molecule has 0 aliphatic carbocycles. The van der Waals surface area contributed by atoms with Crippen molar-refractivity contribution in [2.24, 2.45) is 5.73 Å². The molecule has 0 heterocycles. The molecule has 0 aromatic carbocycles. The van der Waals surface area contributed by atoms with E-state index in [-0.39, 0.29) is 0 Å². The first kappa shape index (κ1) is 22.0. The molecular formula is C15H35NO5Si. The van der Waals surface area contributed by atoms with Gasteiger partial charge in [-0.25, -0.2) is 0 Å². The maximum atomic E-state index is 6.32. The zero-order chi connectivity index (χ0) is 16.9. The van der Waals surface area contributed by atoms with Crippen molar-refractivity contribution in [3.8, 4) is 0 Å². The number of rotatable bonds is 15. The number of hydrogen-bond acceptors (Lipinski definition) is 6.